The molecule has 6 heterocycles. The van der Waals surface area contributed by atoms with E-state index >= 15 is 0 Å². The minimum absolute atomic E-state index is 0.392. The van der Waals surface area contributed by atoms with Crippen LogP contribution < -0.4 is 18.9 Å². The summed E-state index contributed by atoms with van der Waals surface area (Å²) in [5, 5.41) is 0. The lowest BCUT2D eigenvalue weighted by Crippen LogP contribution is -2.15. The van der Waals surface area contributed by atoms with Crippen LogP contribution in [0.15, 0.2) is 73.3 Å². The second-order valence-corrected chi connectivity index (χ2v) is 20.7. The number of aromatic nitrogens is 4. The first-order valence-corrected chi connectivity index (χ1v) is 25.4. The molecule has 0 amide bonds. The van der Waals surface area contributed by atoms with Gasteiger partial charge in [-0.05, 0) is 291 Å². The average Bonchev–Trinajstić information content (AvgIpc) is 3.37. The van der Waals surface area contributed by atoms with Gasteiger partial charge in [-0.15, -0.1) is 0 Å². The first-order valence-electron chi connectivity index (χ1n) is 25.4. The molecule has 8 heteroatoms. The number of benzene rings is 4. The molecule has 20 bridgehead atoms. The van der Waals surface area contributed by atoms with E-state index in [0.29, 0.717) is 39.3 Å². The third kappa shape index (κ3) is 8.00. The maximum Gasteiger partial charge on any atom is 0.126 e. The number of nitrogens with zero attached hydrogens (tertiary/aromatic N) is 4. The van der Waals surface area contributed by atoms with Crippen molar-refractivity contribution >= 4 is 0 Å². The van der Waals surface area contributed by atoms with Gasteiger partial charge >= 0.3 is 0 Å². The molecule has 0 radical (unpaired) electrons. The molecule has 364 valence electrons. The summed E-state index contributed by atoms with van der Waals surface area (Å²) in [4.78, 5) is 19.1. The SMILES string of the molecule is Cc1c2c(C)c3c(C)c1Cc1c(C)c4c(C)c(c1C)OCc1ccnc(c1)-c1cc(ccn1)COc1c(C)c(c(C)c(c1C)Cc1c(C)c(c(C)c(c1C)OCc1ccnc(c1)-c1cc(ccn1)CO3)C2)C4. The van der Waals surface area contributed by atoms with Crippen molar-refractivity contribution in [3.05, 3.63) is 207 Å². The number of hydrogen-bond donors (Lipinski definition) is 0. The van der Waals surface area contributed by atoms with Crippen LogP contribution in [0.25, 0.3) is 22.8 Å². The van der Waals surface area contributed by atoms with E-state index in [1.54, 1.807) is 0 Å². The molecular formula is C64H64N4O4. The summed E-state index contributed by atoms with van der Waals surface area (Å²) in [7, 11) is 0. The molecule has 3 aliphatic rings. The number of pyridine rings is 4. The third-order valence-corrected chi connectivity index (χ3v) is 16.7. The van der Waals surface area contributed by atoms with Crippen molar-refractivity contribution in [2.75, 3.05) is 0 Å². The lowest BCUT2D eigenvalue weighted by Gasteiger charge is -2.29. The summed E-state index contributed by atoms with van der Waals surface area (Å²) < 4.78 is 28.5. The number of ether oxygens (including phenoxy) is 4. The van der Waals surface area contributed by atoms with Crippen molar-refractivity contribution in [3.8, 4) is 45.8 Å². The van der Waals surface area contributed by atoms with E-state index in [-0.39, 0.29) is 0 Å². The van der Waals surface area contributed by atoms with Crippen LogP contribution in [0.4, 0.5) is 0 Å². The zero-order valence-corrected chi connectivity index (χ0v) is 44.0. The summed E-state index contributed by atoms with van der Waals surface area (Å²) in [6.45, 7) is 29.0. The molecular weight excluding hydrogens is 889 g/mol. The largest absolute Gasteiger partial charge is 0.488 e. The van der Waals surface area contributed by atoms with E-state index in [0.717, 1.165) is 103 Å². The van der Waals surface area contributed by atoms with Gasteiger partial charge in [-0.1, -0.05) is 0 Å². The van der Waals surface area contributed by atoms with Gasteiger partial charge in [0.25, 0.3) is 0 Å². The van der Waals surface area contributed by atoms with Gasteiger partial charge < -0.3 is 18.9 Å². The van der Waals surface area contributed by atoms with Crippen LogP contribution >= 0.6 is 0 Å². The van der Waals surface area contributed by atoms with Crippen LogP contribution in [0.1, 0.15) is 134 Å². The molecule has 4 aromatic heterocycles. The topological polar surface area (TPSA) is 88.5 Å². The van der Waals surface area contributed by atoms with E-state index < -0.39 is 0 Å². The van der Waals surface area contributed by atoms with Crippen molar-refractivity contribution < 1.29 is 18.9 Å². The van der Waals surface area contributed by atoms with Crippen molar-refractivity contribution in [3.63, 3.8) is 0 Å². The zero-order chi connectivity index (χ0) is 50.3. The van der Waals surface area contributed by atoms with Crippen LogP contribution in [0.2, 0.25) is 0 Å². The van der Waals surface area contributed by atoms with Crippen LogP contribution in [-0.2, 0) is 52.1 Å². The Morgan fingerprint density at radius 1 is 0.264 bits per heavy atom. The van der Waals surface area contributed by atoms with Crippen molar-refractivity contribution in [1.29, 1.82) is 0 Å². The Bertz CT molecular complexity index is 3110. The number of fused-ring (bicyclic) bond motifs is 18. The van der Waals surface area contributed by atoms with Gasteiger partial charge in [0.1, 0.15) is 49.4 Å². The Hall–Kier alpha value is -7.32. The fraction of sp³-hybridized carbons (Fsp3) is 0.312. The number of rotatable bonds is 0. The Kier molecular flexibility index (Phi) is 12.0. The van der Waals surface area contributed by atoms with E-state index in [1.807, 2.05) is 49.1 Å². The predicted molar refractivity (Wildman–Crippen MR) is 286 cm³/mol. The predicted octanol–water partition coefficient (Wildman–Crippen LogP) is 13.9. The van der Waals surface area contributed by atoms with Crippen LogP contribution in [0.3, 0.4) is 0 Å². The van der Waals surface area contributed by atoms with Gasteiger partial charge in [0, 0.05) is 24.8 Å². The molecule has 11 rings (SSSR count). The fourth-order valence-corrected chi connectivity index (χ4v) is 12.3. The highest BCUT2D eigenvalue weighted by molar-refractivity contribution is 5.66. The summed E-state index contributed by atoms with van der Waals surface area (Å²) in [5.74, 6) is 3.73. The first kappa shape index (κ1) is 47.0. The molecule has 72 heavy (non-hydrogen) atoms. The standard InChI is InChI=1S/C64H64N4O4/c1-33-49-25-50-34(2)55-28-56-36(4)52-26-51-35(3)54(42(10)63(39(51)7)71-31-47-15-19-67-59(23-47)60-24-48(16-20-68-60)32-72-64(40(52)8)44(56)12)27-53(33)41(9)61(37(49)5)69-29-45-13-17-65-57(21-45)58-22-46(14-18-66-58)30-70-62(38(50)6)43(55)11/h13-24H,25-32H2,1-12H3. The highest BCUT2D eigenvalue weighted by atomic mass is 16.5. The molecule has 0 atom stereocenters. The van der Waals surface area contributed by atoms with Gasteiger partial charge in [0.2, 0.25) is 0 Å². The van der Waals surface area contributed by atoms with Crippen LogP contribution in [0.5, 0.6) is 23.0 Å². The number of hydrogen-bond acceptors (Lipinski definition) is 8. The highest BCUT2D eigenvalue weighted by Gasteiger charge is 2.29. The van der Waals surface area contributed by atoms with Gasteiger partial charge in [-0.25, -0.2) is 0 Å². The first-order chi connectivity index (χ1) is 34.7. The summed E-state index contributed by atoms with van der Waals surface area (Å²) in [6.07, 6.45) is 10.3. The van der Waals surface area contributed by atoms with Crippen molar-refractivity contribution in [2.45, 2.75) is 135 Å². The third-order valence-electron chi connectivity index (χ3n) is 16.7. The van der Waals surface area contributed by atoms with E-state index in [9.17, 15) is 0 Å². The molecule has 0 unspecified atom stereocenters. The van der Waals surface area contributed by atoms with Crippen LogP contribution in [-0.4, -0.2) is 19.9 Å². The summed E-state index contributed by atoms with van der Waals surface area (Å²) >= 11 is 0. The Morgan fingerprint density at radius 2 is 0.444 bits per heavy atom. The Morgan fingerprint density at radius 3 is 0.625 bits per heavy atom. The maximum absolute atomic E-state index is 7.12. The molecule has 4 aromatic carbocycles. The zero-order valence-electron chi connectivity index (χ0n) is 44.0. The molecule has 0 fully saturated rings. The lowest BCUT2D eigenvalue weighted by atomic mass is 9.78. The summed E-state index contributed by atoms with van der Waals surface area (Å²) in [5.41, 5.74) is 32.1. The van der Waals surface area contributed by atoms with Gasteiger partial charge in [-0.3, -0.25) is 19.9 Å². The molecule has 0 saturated heterocycles. The smallest absolute Gasteiger partial charge is 0.126 e. The van der Waals surface area contributed by atoms with Crippen molar-refractivity contribution in [2.24, 2.45) is 0 Å². The van der Waals surface area contributed by atoms with Gasteiger partial charge in [0.15, 0.2) is 0 Å². The summed E-state index contributed by atoms with van der Waals surface area (Å²) in [6, 6.07) is 16.6. The molecule has 0 saturated carbocycles. The highest BCUT2D eigenvalue weighted by Crippen LogP contribution is 2.45. The molecule has 8 nitrogen and oxygen atoms in total. The van der Waals surface area contributed by atoms with E-state index in [1.165, 1.54) is 89.0 Å². The Balaban J connectivity index is 1.23. The minimum atomic E-state index is 0.392. The molecule has 0 spiro atoms. The second-order valence-electron chi connectivity index (χ2n) is 20.7. The molecule has 8 aromatic rings. The van der Waals surface area contributed by atoms with E-state index in [2.05, 4.69) is 107 Å². The lowest BCUT2D eigenvalue weighted by molar-refractivity contribution is 0.300. The van der Waals surface area contributed by atoms with Gasteiger partial charge in [-0.2, -0.15) is 0 Å². The molecule has 0 N–H and O–H groups in total. The fourth-order valence-electron chi connectivity index (χ4n) is 12.3. The molecule has 2 aliphatic heterocycles. The Labute approximate surface area is 424 Å². The quantitative estimate of drug-likeness (QED) is 0.149. The molecule has 1 aliphatic carbocycles. The maximum atomic E-state index is 7.12. The monoisotopic (exact) mass is 952 g/mol. The minimum Gasteiger partial charge on any atom is -0.488 e. The normalized spacial score (nSPS) is 13.8. The van der Waals surface area contributed by atoms with Crippen molar-refractivity contribution in [1.82, 2.24) is 19.9 Å². The van der Waals surface area contributed by atoms with Gasteiger partial charge in [0.05, 0.1) is 22.8 Å². The van der Waals surface area contributed by atoms with E-state index in [4.69, 9.17) is 38.9 Å². The average molecular weight is 953 g/mol. The van der Waals surface area contributed by atoms with Crippen LogP contribution in [0, 0.1) is 83.1 Å². The second kappa shape index (κ2) is 18.4.